The minimum absolute atomic E-state index is 0.555. The number of aryl methyl sites for hydroxylation is 1. The average molecular weight is 475 g/mol. The van der Waals surface area contributed by atoms with Crippen molar-refractivity contribution in [2.45, 2.75) is 32.1 Å². The molecule has 1 atom stereocenters. The summed E-state index contributed by atoms with van der Waals surface area (Å²) in [7, 11) is 2.23. The lowest BCUT2D eigenvalue weighted by Gasteiger charge is -2.40. The second-order valence-corrected chi connectivity index (χ2v) is 8.45. The molecule has 4 rings (SSSR count). The number of alkyl halides is 3. The number of carboxylic acid groups (broad SMARTS) is 1. The van der Waals surface area contributed by atoms with Crippen molar-refractivity contribution in [1.82, 2.24) is 19.6 Å². The van der Waals surface area contributed by atoms with Crippen LogP contribution in [-0.4, -0.2) is 69.6 Å². The fourth-order valence-electron chi connectivity index (χ4n) is 3.88. The lowest BCUT2D eigenvalue weighted by Crippen LogP contribution is -2.52. The number of piperazine rings is 1. The molecule has 0 radical (unpaired) electrons. The first-order valence-electron chi connectivity index (χ1n) is 11.0. The van der Waals surface area contributed by atoms with Crippen LogP contribution in [-0.2, 0) is 17.8 Å². The Morgan fingerprint density at radius 1 is 1.03 bits per heavy atom. The van der Waals surface area contributed by atoms with Gasteiger partial charge in [-0.1, -0.05) is 42.5 Å². The third-order valence-corrected chi connectivity index (χ3v) is 5.67. The summed E-state index contributed by atoms with van der Waals surface area (Å²) >= 11 is 0. The van der Waals surface area contributed by atoms with E-state index in [1.807, 2.05) is 23.9 Å². The predicted molar refractivity (Wildman–Crippen MR) is 124 cm³/mol. The maximum atomic E-state index is 10.6. The quantitative estimate of drug-likeness (QED) is 0.602. The summed E-state index contributed by atoms with van der Waals surface area (Å²) in [5.74, 6) is -2.76. The minimum atomic E-state index is -5.08. The van der Waals surface area contributed by atoms with Crippen molar-refractivity contribution < 1.29 is 23.1 Å². The van der Waals surface area contributed by atoms with Crippen molar-refractivity contribution in [1.29, 1.82) is 0 Å². The first kappa shape index (κ1) is 25.5. The molecule has 1 aliphatic rings. The molecular weight excluding hydrogens is 445 g/mol. The normalized spacial score (nSPS) is 17.1. The molecule has 1 N–H and O–H groups in total. The van der Waals surface area contributed by atoms with E-state index in [-0.39, 0.29) is 0 Å². The van der Waals surface area contributed by atoms with Gasteiger partial charge >= 0.3 is 12.1 Å². The van der Waals surface area contributed by atoms with Gasteiger partial charge in [0.05, 0.1) is 11.4 Å². The highest BCUT2D eigenvalue weighted by Crippen LogP contribution is 2.18. The molecule has 9 heteroatoms. The number of rotatable bonds is 5. The van der Waals surface area contributed by atoms with Gasteiger partial charge in [-0.15, -0.1) is 0 Å². The van der Waals surface area contributed by atoms with E-state index in [1.165, 1.54) is 11.1 Å². The van der Waals surface area contributed by atoms with Crippen molar-refractivity contribution in [2.24, 2.45) is 0 Å². The molecule has 182 valence electrons. The Morgan fingerprint density at radius 3 is 2.24 bits per heavy atom. The Hall–Kier alpha value is -3.17. The average Bonchev–Trinajstić information content (AvgIpc) is 3.23. The smallest absolute Gasteiger partial charge is 0.475 e. The highest BCUT2D eigenvalue weighted by molar-refractivity contribution is 5.73. The van der Waals surface area contributed by atoms with Crippen LogP contribution in [0.2, 0.25) is 0 Å². The van der Waals surface area contributed by atoms with Gasteiger partial charge in [-0.3, -0.25) is 4.90 Å². The van der Waals surface area contributed by atoms with Gasteiger partial charge in [-0.25, -0.2) is 9.48 Å². The molecule has 1 unspecified atom stereocenters. The third-order valence-electron chi connectivity index (χ3n) is 5.67. The number of aliphatic carboxylic acids is 1. The van der Waals surface area contributed by atoms with E-state index in [2.05, 4.69) is 76.5 Å². The standard InChI is InChI=1S/C23H28N4.C2HF3O2/c1-19-12-13-27(24-19)22-10-8-21(9-11-22)17-26-15-14-25(2)18-23(26)16-20-6-4-3-5-7-20;3-2(4,5)1(6)7/h3-13,23H,14-18H2,1-2H3;(H,6,7). The van der Waals surface area contributed by atoms with Crippen LogP contribution < -0.4 is 0 Å². The Bertz CT molecular complexity index is 1050. The molecule has 2 heterocycles. The molecular formula is C25H29F3N4O2. The van der Waals surface area contributed by atoms with Crippen LogP contribution in [0.25, 0.3) is 5.69 Å². The zero-order valence-electron chi connectivity index (χ0n) is 19.2. The van der Waals surface area contributed by atoms with Gasteiger partial charge < -0.3 is 10.0 Å². The lowest BCUT2D eigenvalue weighted by molar-refractivity contribution is -0.192. The molecule has 0 spiro atoms. The fraction of sp³-hybridized carbons (Fsp3) is 0.360. The molecule has 1 aliphatic heterocycles. The Morgan fingerprint density at radius 2 is 1.68 bits per heavy atom. The van der Waals surface area contributed by atoms with Crippen LogP contribution in [0.3, 0.4) is 0 Å². The van der Waals surface area contributed by atoms with Gasteiger partial charge in [-0.05, 0) is 49.7 Å². The number of hydrogen-bond donors (Lipinski definition) is 1. The number of halogens is 3. The van der Waals surface area contributed by atoms with Crippen molar-refractivity contribution >= 4 is 5.97 Å². The molecule has 0 amide bonds. The van der Waals surface area contributed by atoms with E-state index in [9.17, 15) is 13.2 Å². The molecule has 34 heavy (non-hydrogen) atoms. The number of hydrogen-bond acceptors (Lipinski definition) is 4. The number of carboxylic acids is 1. The van der Waals surface area contributed by atoms with Gasteiger partial charge in [0.1, 0.15) is 0 Å². The highest BCUT2D eigenvalue weighted by Gasteiger charge is 2.38. The molecule has 0 saturated carbocycles. The van der Waals surface area contributed by atoms with E-state index in [1.54, 1.807) is 0 Å². The Kier molecular flexibility index (Phi) is 8.46. The Balaban J connectivity index is 0.000000406. The highest BCUT2D eigenvalue weighted by atomic mass is 19.4. The molecule has 0 bridgehead atoms. The summed E-state index contributed by atoms with van der Waals surface area (Å²) in [6.45, 7) is 6.40. The van der Waals surface area contributed by atoms with E-state index in [4.69, 9.17) is 9.90 Å². The van der Waals surface area contributed by atoms with Crippen LogP contribution in [0.4, 0.5) is 13.2 Å². The van der Waals surface area contributed by atoms with E-state index in [0.29, 0.717) is 6.04 Å². The topological polar surface area (TPSA) is 61.6 Å². The van der Waals surface area contributed by atoms with Crippen LogP contribution in [0, 0.1) is 6.92 Å². The minimum Gasteiger partial charge on any atom is -0.475 e. The molecule has 2 aromatic carbocycles. The first-order valence-corrected chi connectivity index (χ1v) is 11.0. The molecule has 3 aromatic rings. The molecule has 1 aromatic heterocycles. The van der Waals surface area contributed by atoms with Crippen LogP contribution in [0.1, 0.15) is 16.8 Å². The van der Waals surface area contributed by atoms with E-state index in [0.717, 1.165) is 44.0 Å². The molecule has 1 fully saturated rings. The summed E-state index contributed by atoms with van der Waals surface area (Å²) in [6.07, 6.45) is -1.96. The first-order chi connectivity index (χ1) is 16.1. The third kappa shape index (κ3) is 7.43. The number of likely N-dealkylation sites (N-methyl/N-ethyl adjacent to an activating group) is 1. The fourth-order valence-corrected chi connectivity index (χ4v) is 3.88. The van der Waals surface area contributed by atoms with Gasteiger partial charge in [0, 0.05) is 38.4 Å². The van der Waals surface area contributed by atoms with E-state index >= 15 is 0 Å². The maximum absolute atomic E-state index is 10.6. The van der Waals surface area contributed by atoms with Crippen LogP contribution >= 0.6 is 0 Å². The number of nitrogens with zero attached hydrogens (tertiary/aromatic N) is 4. The SMILES string of the molecule is Cc1ccn(-c2ccc(CN3CCN(C)CC3Cc3ccccc3)cc2)n1.O=C(O)C(F)(F)F. The second kappa shape index (κ2) is 11.3. The molecule has 6 nitrogen and oxygen atoms in total. The number of carbonyl (C=O) groups is 1. The summed E-state index contributed by atoms with van der Waals surface area (Å²) in [4.78, 5) is 14.0. The lowest BCUT2D eigenvalue weighted by atomic mass is 10.0. The van der Waals surface area contributed by atoms with Gasteiger partial charge in [0.2, 0.25) is 0 Å². The summed E-state index contributed by atoms with van der Waals surface area (Å²) < 4.78 is 33.7. The zero-order chi connectivity index (χ0) is 24.7. The molecule has 1 saturated heterocycles. The van der Waals surface area contributed by atoms with Crippen LogP contribution in [0.15, 0.2) is 66.9 Å². The summed E-state index contributed by atoms with van der Waals surface area (Å²) in [5.41, 5.74) is 4.95. The largest absolute Gasteiger partial charge is 0.490 e. The summed E-state index contributed by atoms with van der Waals surface area (Å²) in [6, 6.07) is 22.3. The Labute approximate surface area is 197 Å². The zero-order valence-corrected chi connectivity index (χ0v) is 19.2. The summed E-state index contributed by atoms with van der Waals surface area (Å²) in [5, 5.41) is 11.6. The van der Waals surface area contributed by atoms with Gasteiger partial charge in [0.25, 0.3) is 0 Å². The molecule has 0 aliphatic carbocycles. The number of benzene rings is 2. The van der Waals surface area contributed by atoms with Crippen molar-refractivity contribution in [3.63, 3.8) is 0 Å². The predicted octanol–water partition coefficient (Wildman–Crippen LogP) is 4.17. The van der Waals surface area contributed by atoms with Gasteiger partial charge in [-0.2, -0.15) is 18.3 Å². The number of aromatic nitrogens is 2. The monoisotopic (exact) mass is 474 g/mol. The van der Waals surface area contributed by atoms with E-state index < -0.39 is 12.1 Å². The van der Waals surface area contributed by atoms with Crippen molar-refractivity contribution in [2.75, 3.05) is 26.7 Å². The van der Waals surface area contributed by atoms with Crippen LogP contribution in [0.5, 0.6) is 0 Å². The maximum Gasteiger partial charge on any atom is 0.490 e. The van der Waals surface area contributed by atoms with Gasteiger partial charge in [0.15, 0.2) is 0 Å². The van der Waals surface area contributed by atoms with Crippen molar-refractivity contribution in [3.05, 3.63) is 83.7 Å². The second-order valence-electron chi connectivity index (χ2n) is 8.45. The van der Waals surface area contributed by atoms with Crippen molar-refractivity contribution in [3.8, 4) is 5.69 Å².